The molecule has 11 heteroatoms. The maximum absolute atomic E-state index is 13.3. The maximum Gasteiger partial charge on any atom is 0.282 e. The molecule has 0 radical (unpaired) electrons. The van der Waals surface area contributed by atoms with Crippen LogP contribution >= 0.6 is 0 Å². The molecule has 1 aromatic heterocycles. The Morgan fingerprint density at radius 2 is 1.91 bits per heavy atom. The van der Waals surface area contributed by atoms with Crippen LogP contribution in [0.1, 0.15) is 65.3 Å². The first kappa shape index (κ1) is 22.5. The fourth-order valence-corrected chi connectivity index (χ4v) is 5.21. The topological polar surface area (TPSA) is 114 Å². The number of amides is 3. The second-order valence-corrected chi connectivity index (χ2v) is 9.13. The molecule has 2 fully saturated rings. The van der Waals surface area contributed by atoms with Crippen molar-refractivity contribution >= 4 is 23.4 Å². The van der Waals surface area contributed by atoms with Crippen molar-refractivity contribution in [1.82, 2.24) is 24.9 Å². The number of halogens is 2. The van der Waals surface area contributed by atoms with Crippen LogP contribution in [0.3, 0.4) is 0 Å². The van der Waals surface area contributed by atoms with Crippen LogP contribution < -0.4 is 11.1 Å². The third-order valence-electron chi connectivity index (χ3n) is 6.97. The van der Waals surface area contributed by atoms with Crippen molar-refractivity contribution in [2.75, 3.05) is 18.8 Å². The van der Waals surface area contributed by atoms with Crippen LogP contribution in [0.5, 0.6) is 0 Å². The van der Waals surface area contributed by atoms with Crippen LogP contribution in [-0.4, -0.2) is 56.4 Å². The molecule has 4 heterocycles. The molecule has 34 heavy (non-hydrogen) atoms. The second-order valence-electron chi connectivity index (χ2n) is 9.13. The number of nitrogens with zero attached hydrogens (tertiary/aromatic N) is 4. The van der Waals surface area contributed by atoms with Crippen molar-refractivity contribution in [3.8, 4) is 0 Å². The first-order chi connectivity index (χ1) is 16.3. The third kappa shape index (κ3) is 4.04. The predicted octanol–water partition coefficient (Wildman–Crippen LogP) is 2.00. The summed E-state index contributed by atoms with van der Waals surface area (Å²) in [6.45, 7) is 2.47. The average molecular weight is 472 g/mol. The highest BCUT2D eigenvalue weighted by molar-refractivity contribution is 6.05. The van der Waals surface area contributed by atoms with E-state index >= 15 is 0 Å². The Morgan fingerprint density at radius 1 is 1.15 bits per heavy atom. The number of nitrogen functional groups attached to an aromatic ring is 1. The van der Waals surface area contributed by atoms with Gasteiger partial charge in [-0.15, -0.1) is 0 Å². The number of hydrogen-bond acceptors (Lipinski definition) is 6. The van der Waals surface area contributed by atoms with E-state index in [0.29, 0.717) is 37.9 Å². The number of carbonyl (C=O) groups is 3. The Kier molecular flexibility index (Phi) is 5.80. The number of benzene rings is 1. The summed E-state index contributed by atoms with van der Waals surface area (Å²) in [6.07, 6.45) is 0.566. The van der Waals surface area contributed by atoms with Gasteiger partial charge in [0.15, 0.2) is 0 Å². The first-order valence-corrected chi connectivity index (χ1v) is 11.4. The Balaban J connectivity index is 1.22. The van der Waals surface area contributed by atoms with Gasteiger partial charge in [-0.3, -0.25) is 29.3 Å². The molecule has 180 valence electrons. The highest BCUT2D eigenvalue weighted by atomic mass is 19.3. The van der Waals surface area contributed by atoms with E-state index in [4.69, 9.17) is 5.73 Å². The van der Waals surface area contributed by atoms with Gasteiger partial charge in [0.2, 0.25) is 11.8 Å². The number of likely N-dealkylation sites (tertiary alicyclic amines) is 1. The summed E-state index contributed by atoms with van der Waals surface area (Å²) in [6, 6.07) is 4.97. The molecule has 1 aromatic carbocycles. The molecule has 3 N–H and O–H groups in total. The van der Waals surface area contributed by atoms with Gasteiger partial charge in [-0.2, -0.15) is 5.10 Å². The van der Waals surface area contributed by atoms with Crippen LogP contribution in [0.15, 0.2) is 24.4 Å². The van der Waals surface area contributed by atoms with E-state index in [9.17, 15) is 23.2 Å². The van der Waals surface area contributed by atoms with E-state index in [1.54, 1.807) is 6.07 Å². The third-order valence-corrected chi connectivity index (χ3v) is 6.97. The molecule has 3 amide bonds. The van der Waals surface area contributed by atoms with E-state index in [1.807, 2.05) is 12.1 Å². The van der Waals surface area contributed by atoms with E-state index in [1.165, 1.54) is 15.8 Å². The van der Waals surface area contributed by atoms with Gasteiger partial charge in [0.25, 0.3) is 12.3 Å². The largest absolute Gasteiger partial charge is 0.396 e. The summed E-state index contributed by atoms with van der Waals surface area (Å²) < 4.78 is 28.1. The number of alkyl halides is 2. The van der Waals surface area contributed by atoms with Crippen molar-refractivity contribution in [3.63, 3.8) is 0 Å². The summed E-state index contributed by atoms with van der Waals surface area (Å²) in [5.74, 6) is -0.919. The number of fused-ring (bicyclic) bond motifs is 1. The molecule has 0 aliphatic carbocycles. The SMILES string of the molecule is Nc1cnn(C2CCN(Cc3ccc4c(c3)CN(C3CCC(=O)NC3=O)C4=O)CC2)c1C(F)F. The quantitative estimate of drug-likeness (QED) is 0.644. The van der Waals surface area contributed by atoms with Gasteiger partial charge >= 0.3 is 0 Å². The van der Waals surface area contributed by atoms with E-state index < -0.39 is 18.4 Å². The minimum atomic E-state index is -2.66. The number of rotatable bonds is 5. The number of nitrogens with one attached hydrogen (secondary N) is 1. The number of anilines is 1. The number of imide groups is 1. The zero-order valence-corrected chi connectivity index (χ0v) is 18.5. The Bertz CT molecular complexity index is 1140. The van der Waals surface area contributed by atoms with Crippen LogP contribution in [0.2, 0.25) is 0 Å². The lowest BCUT2D eigenvalue weighted by atomic mass is 10.0. The molecule has 0 saturated carbocycles. The lowest BCUT2D eigenvalue weighted by molar-refractivity contribution is -0.136. The second kappa shape index (κ2) is 8.79. The molecule has 1 unspecified atom stereocenters. The van der Waals surface area contributed by atoms with Crippen molar-refractivity contribution in [3.05, 3.63) is 46.8 Å². The number of aromatic nitrogens is 2. The van der Waals surface area contributed by atoms with E-state index in [2.05, 4.69) is 15.3 Å². The summed E-state index contributed by atoms with van der Waals surface area (Å²) >= 11 is 0. The molecule has 9 nitrogen and oxygen atoms in total. The van der Waals surface area contributed by atoms with Gasteiger partial charge < -0.3 is 10.6 Å². The molecule has 5 rings (SSSR count). The standard InChI is InChI=1S/C23H26F2N6O3/c24-21(25)20-17(26)10-27-31(20)15-5-7-29(8-6-15)11-13-1-2-16-14(9-13)12-30(23(16)34)18-3-4-19(32)28-22(18)33/h1-2,9-10,15,18,21H,3-8,11-12,26H2,(H,28,32,33). The molecule has 2 aromatic rings. The molecular weight excluding hydrogens is 446 g/mol. The van der Waals surface area contributed by atoms with Crippen molar-refractivity contribution < 1.29 is 23.2 Å². The minimum Gasteiger partial charge on any atom is -0.396 e. The van der Waals surface area contributed by atoms with Gasteiger partial charge in [-0.1, -0.05) is 12.1 Å². The fraction of sp³-hybridized carbons (Fsp3) is 0.478. The van der Waals surface area contributed by atoms with Crippen LogP contribution in [-0.2, 0) is 22.7 Å². The van der Waals surface area contributed by atoms with Gasteiger partial charge in [0.1, 0.15) is 11.7 Å². The highest BCUT2D eigenvalue weighted by Crippen LogP contribution is 2.32. The monoisotopic (exact) mass is 472 g/mol. The molecule has 0 bridgehead atoms. The van der Waals surface area contributed by atoms with Crippen LogP contribution in [0.25, 0.3) is 0 Å². The van der Waals surface area contributed by atoms with Crippen molar-refractivity contribution in [2.45, 2.75) is 57.3 Å². The normalized spacial score (nSPS) is 21.9. The zero-order chi connectivity index (χ0) is 24.0. The molecular formula is C23H26F2N6O3. The molecule has 3 aliphatic heterocycles. The summed E-state index contributed by atoms with van der Waals surface area (Å²) in [4.78, 5) is 40.3. The number of nitrogens with two attached hydrogens (primary N) is 1. The van der Waals surface area contributed by atoms with E-state index in [0.717, 1.165) is 24.2 Å². The van der Waals surface area contributed by atoms with Crippen LogP contribution in [0, 0.1) is 0 Å². The van der Waals surface area contributed by atoms with Gasteiger partial charge in [0, 0.05) is 38.2 Å². The van der Waals surface area contributed by atoms with Gasteiger partial charge in [-0.25, -0.2) is 8.78 Å². The minimum absolute atomic E-state index is 0.0245. The van der Waals surface area contributed by atoms with Gasteiger partial charge in [-0.05, 0) is 36.5 Å². The lowest BCUT2D eigenvalue weighted by Gasteiger charge is -2.32. The van der Waals surface area contributed by atoms with Crippen molar-refractivity contribution in [2.24, 2.45) is 0 Å². The first-order valence-electron chi connectivity index (χ1n) is 11.4. The summed E-state index contributed by atoms with van der Waals surface area (Å²) in [5.41, 5.74) is 7.99. The summed E-state index contributed by atoms with van der Waals surface area (Å²) in [5, 5.41) is 6.39. The fourth-order valence-electron chi connectivity index (χ4n) is 5.21. The number of carbonyl (C=O) groups excluding carboxylic acids is 3. The molecule has 2 saturated heterocycles. The Hall–Kier alpha value is -3.34. The van der Waals surface area contributed by atoms with Crippen LogP contribution in [0.4, 0.5) is 14.5 Å². The predicted molar refractivity (Wildman–Crippen MR) is 118 cm³/mol. The Morgan fingerprint density at radius 3 is 2.62 bits per heavy atom. The highest BCUT2D eigenvalue weighted by Gasteiger charge is 2.39. The smallest absolute Gasteiger partial charge is 0.282 e. The van der Waals surface area contributed by atoms with Crippen molar-refractivity contribution in [1.29, 1.82) is 0 Å². The summed E-state index contributed by atoms with van der Waals surface area (Å²) in [7, 11) is 0. The number of hydrogen-bond donors (Lipinski definition) is 2. The lowest BCUT2D eigenvalue weighted by Crippen LogP contribution is -2.52. The van der Waals surface area contributed by atoms with E-state index in [-0.39, 0.29) is 35.7 Å². The van der Waals surface area contributed by atoms with Gasteiger partial charge in [0.05, 0.1) is 17.9 Å². The zero-order valence-electron chi connectivity index (χ0n) is 18.5. The average Bonchev–Trinajstić information content (AvgIpc) is 3.34. The molecule has 0 spiro atoms. The molecule has 1 atom stereocenters. The Labute approximate surface area is 194 Å². The number of piperidine rings is 2. The molecule has 3 aliphatic rings. The maximum atomic E-state index is 13.3.